The standard InChI is InChI=1S/C16H24N2O/c1-4-12(2)13(3)17-15-10-11-18(16(15)19)14-8-6-5-7-9-14/h5-9,12-13,15,17H,4,10-11H2,1-3H3/t12-,13-,15+/m0/s1. The fraction of sp³-hybridized carbons (Fsp3) is 0.562. The van der Waals surface area contributed by atoms with E-state index in [4.69, 9.17) is 0 Å². The summed E-state index contributed by atoms with van der Waals surface area (Å²) in [7, 11) is 0. The average Bonchev–Trinajstić information content (AvgIpc) is 2.80. The van der Waals surface area contributed by atoms with Crippen molar-refractivity contribution < 1.29 is 4.79 Å². The third-order valence-electron chi connectivity index (χ3n) is 4.23. The molecule has 0 radical (unpaired) electrons. The molecule has 1 amide bonds. The topological polar surface area (TPSA) is 32.3 Å². The molecule has 1 heterocycles. The number of hydrogen-bond acceptors (Lipinski definition) is 2. The average molecular weight is 260 g/mol. The number of hydrogen-bond donors (Lipinski definition) is 1. The highest BCUT2D eigenvalue weighted by molar-refractivity contribution is 5.99. The SMILES string of the molecule is CC[C@H](C)[C@H](C)N[C@@H]1CCN(c2ccccc2)C1=O. The largest absolute Gasteiger partial charge is 0.311 e. The van der Waals surface area contributed by atoms with Crippen molar-refractivity contribution in [3.8, 4) is 0 Å². The molecule has 0 bridgehead atoms. The van der Waals surface area contributed by atoms with Crippen molar-refractivity contribution in [3.63, 3.8) is 0 Å². The van der Waals surface area contributed by atoms with E-state index in [0.29, 0.717) is 12.0 Å². The summed E-state index contributed by atoms with van der Waals surface area (Å²) in [5.41, 5.74) is 1.01. The normalized spacial score (nSPS) is 22.6. The Morgan fingerprint density at radius 2 is 2.00 bits per heavy atom. The number of carbonyl (C=O) groups excluding carboxylic acids is 1. The fourth-order valence-electron chi connectivity index (χ4n) is 2.53. The first-order valence-corrected chi connectivity index (χ1v) is 7.26. The molecule has 1 aromatic carbocycles. The Morgan fingerprint density at radius 3 is 2.63 bits per heavy atom. The second-order valence-corrected chi connectivity index (χ2v) is 5.51. The number of anilines is 1. The highest BCUT2D eigenvalue weighted by Gasteiger charge is 2.33. The minimum absolute atomic E-state index is 0.0239. The summed E-state index contributed by atoms with van der Waals surface area (Å²) < 4.78 is 0. The van der Waals surface area contributed by atoms with Gasteiger partial charge in [0.25, 0.3) is 0 Å². The van der Waals surface area contributed by atoms with Gasteiger partial charge in [-0.15, -0.1) is 0 Å². The molecular formula is C16H24N2O. The van der Waals surface area contributed by atoms with Crippen LogP contribution < -0.4 is 10.2 Å². The van der Waals surface area contributed by atoms with Gasteiger partial charge < -0.3 is 10.2 Å². The van der Waals surface area contributed by atoms with Gasteiger partial charge in [0.1, 0.15) is 0 Å². The van der Waals surface area contributed by atoms with Gasteiger partial charge in [-0.1, -0.05) is 38.5 Å². The van der Waals surface area contributed by atoms with Crippen LogP contribution >= 0.6 is 0 Å². The molecule has 1 aliphatic rings. The van der Waals surface area contributed by atoms with Gasteiger partial charge in [0.2, 0.25) is 5.91 Å². The lowest BCUT2D eigenvalue weighted by Crippen LogP contribution is -2.44. The lowest BCUT2D eigenvalue weighted by molar-refractivity contribution is -0.119. The maximum absolute atomic E-state index is 12.4. The van der Waals surface area contributed by atoms with Crippen LogP contribution in [0.4, 0.5) is 5.69 Å². The zero-order chi connectivity index (χ0) is 13.8. The van der Waals surface area contributed by atoms with Crippen molar-refractivity contribution in [1.29, 1.82) is 0 Å². The predicted octanol–water partition coefficient (Wildman–Crippen LogP) is 2.82. The molecule has 3 atom stereocenters. The van der Waals surface area contributed by atoms with E-state index in [1.807, 2.05) is 35.2 Å². The molecule has 3 nitrogen and oxygen atoms in total. The lowest BCUT2D eigenvalue weighted by atomic mass is 10.00. The molecule has 3 heteroatoms. The lowest BCUT2D eigenvalue weighted by Gasteiger charge is -2.24. The van der Waals surface area contributed by atoms with Gasteiger partial charge in [0, 0.05) is 18.3 Å². The van der Waals surface area contributed by atoms with E-state index in [1.54, 1.807) is 0 Å². The predicted molar refractivity (Wildman–Crippen MR) is 79.3 cm³/mol. The number of amides is 1. The Labute approximate surface area is 116 Å². The number of carbonyl (C=O) groups is 1. The van der Waals surface area contributed by atoms with Crippen molar-refractivity contribution in [2.45, 2.75) is 45.7 Å². The highest BCUT2D eigenvalue weighted by atomic mass is 16.2. The summed E-state index contributed by atoms with van der Waals surface area (Å²) in [6.07, 6.45) is 2.03. The molecule has 1 saturated heterocycles. The maximum atomic E-state index is 12.4. The van der Waals surface area contributed by atoms with E-state index in [9.17, 15) is 4.79 Å². The Balaban J connectivity index is 1.99. The van der Waals surface area contributed by atoms with E-state index in [2.05, 4.69) is 26.1 Å². The molecule has 1 N–H and O–H groups in total. The molecule has 104 valence electrons. The second kappa shape index (κ2) is 6.20. The molecule has 1 aliphatic heterocycles. The van der Waals surface area contributed by atoms with Gasteiger partial charge in [-0.2, -0.15) is 0 Å². The Hall–Kier alpha value is -1.35. The van der Waals surface area contributed by atoms with Crippen molar-refractivity contribution in [2.75, 3.05) is 11.4 Å². The molecular weight excluding hydrogens is 236 g/mol. The van der Waals surface area contributed by atoms with Gasteiger partial charge in [-0.25, -0.2) is 0 Å². The summed E-state index contributed by atoms with van der Waals surface area (Å²) >= 11 is 0. The minimum Gasteiger partial charge on any atom is -0.311 e. The van der Waals surface area contributed by atoms with Crippen molar-refractivity contribution in [2.24, 2.45) is 5.92 Å². The van der Waals surface area contributed by atoms with E-state index in [1.165, 1.54) is 0 Å². The highest BCUT2D eigenvalue weighted by Crippen LogP contribution is 2.22. The third kappa shape index (κ3) is 3.16. The summed E-state index contributed by atoms with van der Waals surface area (Å²) in [4.78, 5) is 14.3. The van der Waals surface area contributed by atoms with Crippen LogP contribution in [0, 0.1) is 5.92 Å². The van der Waals surface area contributed by atoms with E-state index >= 15 is 0 Å². The quantitative estimate of drug-likeness (QED) is 0.883. The molecule has 1 aromatic rings. The van der Waals surface area contributed by atoms with Crippen LogP contribution in [0.2, 0.25) is 0 Å². The zero-order valence-corrected chi connectivity index (χ0v) is 12.1. The first-order chi connectivity index (χ1) is 9.13. The number of para-hydroxylation sites is 1. The first-order valence-electron chi connectivity index (χ1n) is 7.26. The molecule has 19 heavy (non-hydrogen) atoms. The van der Waals surface area contributed by atoms with Crippen LogP contribution in [0.15, 0.2) is 30.3 Å². The number of nitrogens with zero attached hydrogens (tertiary/aromatic N) is 1. The van der Waals surface area contributed by atoms with E-state index in [0.717, 1.165) is 25.1 Å². The third-order valence-corrected chi connectivity index (χ3v) is 4.23. The minimum atomic E-state index is -0.0239. The molecule has 0 unspecified atom stereocenters. The second-order valence-electron chi connectivity index (χ2n) is 5.51. The summed E-state index contributed by atoms with van der Waals surface area (Å²) in [5.74, 6) is 0.805. The van der Waals surface area contributed by atoms with E-state index < -0.39 is 0 Å². The molecule has 0 saturated carbocycles. The Kier molecular flexibility index (Phi) is 4.59. The molecule has 2 rings (SSSR count). The van der Waals surface area contributed by atoms with Crippen molar-refractivity contribution in [1.82, 2.24) is 5.32 Å². The zero-order valence-electron chi connectivity index (χ0n) is 12.1. The summed E-state index contributed by atoms with van der Waals surface area (Å²) in [5, 5.41) is 3.49. The summed E-state index contributed by atoms with van der Waals surface area (Å²) in [6.45, 7) is 7.40. The van der Waals surface area contributed by atoms with Gasteiger partial charge in [-0.05, 0) is 31.4 Å². The molecule has 0 aliphatic carbocycles. The molecule has 0 spiro atoms. The maximum Gasteiger partial charge on any atom is 0.244 e. The molecule has 1 fully saturated rings. The van der Waals surface area contributed by atoms with Crippen LogP contribution in [-0.2, 0) is 4.79 Å². The first kappa shape index (κ1) is 14.1. The number of rotatable bonds is 5. The number of benzene rings is 1. The van der Waals surface area contributed by atoms with Crippen LogP contribution in [0.25, 0.3) is 0 Å². The summed E-state index contributed by atoms with van der Waals surface area (Å²) in [6, 6.07) is 10.3. The Bertz CT molecular complexity index is 418. The number of nitrogens with one attached hydrogen (secondary N) is 1. The monoisotopic (exact) mass is 260 g/mol. The van der Waals surface area contributed by atoms with Gasteiger partial charge >= 0.3 is 0 Å². The van der Waals surface area contributed by atoms with Gasteiger partial charge in [-0.3, -0.25) is 4.79 Å². The Morgan fingerprint density at radius 1 is 1.32 bits per heavy atom. The van der Waals surface area contributed by atoms with Crippen LogP contribution in [0.5, 0.6) is 0 Å². The van der Waals surface area contributed by atoms with Gasteiger partial charge in [0.05, 0.1) is 6.04 Å². The van der Waals surface area contributed by atoms with Crippen LogP contribution in [0.3, 0.4) is 0 Å². The van der Waals surface area contributed by atoms with E-state index in [-0.39, 0.29) is 11.9 Å². The van der Waals surface area contributed by atoms with Crippen molar-refractivity contribution >= 4 is 11.6 Å². The fourth-order valence-corrected chi connectivity index (χ4v) is 2.53. The van der Waals surface area contributed by atoms with Crippen LogP contribution in [-0.4, -0.2) is 24.5 Å². The van der Waals surface area contributed by atoms with Crippen molar-refractivity contribution in [3.05, 3.63) is 30.3 Å². The van der Waals surface area contributed by atoms with Crippen LogP contribution in [0.1, 0.15) is 33.6 Å². The molecule has 0 aromatic heterocycles. The smallest absolute Gasteiger partial charge is 0.244 e. The van der Waals surface area contributed by atoms with Gasteiger partial charge in [0.15, 0.2) is 0 Å².